The topological polar surface area (TPSA) is 37.0 Å². The second kappa shape index (κ2) is 6.80. The van der Waals surface area contributed by atoms with Gasteiger partial charge in [0, 0.05) is 17.1 Å². The van der Waals surface area contributed by atoms with Gasteiger partial charge < -0.3 is 10.6 Å². The van der Waals surface area contributed by atoms with Gasteiger partial charge in [-0.3, -0.25) is 0 Å². The van der Waals surface area contributed by atoms with E-state index >= 15 is 0 Å². The lowest BCUT2D eigenvalue weighted by Gasteiger charge is -2.11. The number of hydrogen-bond donors (Lipinski definition) is 2. The Morgan fingerprint density at radius 3 is 2.43 bits per heavy atom. The average molecular weight is 360 g/mol. The first kappa shape index (κ1) is 15.6. The summed E-state index contributed by atoms with van der Waals surface area (Å²) in [5.41, 5.74) is 0.0534. The van der Waals surface area contributed by atoms with Crippen molar-refractivity contribution in [3.8, 4) is 0 Å². The van der Waals surface area contributed by atoms with Crippen LogP contribution in [-0.4, -0.2) is 11.5 Å². The van der Waals surface area contributed by atoms with Crippen molar-refractivity contribution in [1.82, 2.24) is 4.98 Å². The van der Waals surface area contributed by atoms with E-state index in [-0.39, 0.29) is 17.3 Å². The fraction of sp³-hybridized carbons (Fsp3) is 0.214. The van der Waals surface area contributed by atoms with Gasteiger partial charge in [-0.2, -0.15) is 0 Å². The maximum absolute atomic E-state index is 13.7. The van der Waals surface area contributed by atoms with E-state index in [4.69, 9.17) is 0 Å². The number of anilines is 3. The Balaban J connectivity index is 2.30. The van der Waals surface area contributed by atoms with E-state index in [0.717, 1.165) is 6.42 Å². The fourth-order valence-corrected chi connectivity index (χ4v) is 1.97. The Morgan fingerprint density at radius 2 is 1.76 bits per heavy atom. The molecule has 0 spiro atoms. The summed E-state index contributed by atoms with van der Waals surface area (Å²) in [6.45, 7) is 2.41. The molecule has 112 valence electrons. The van der Waals surface area contributed by atoms with Crippen molar-refractivity contribution in [3.05, 3.63) is 46.2 Å². The molecule has 0 bridgehead atoms. The summed E-state index contributed by atoms with van der Waals surface area (Å²) in [4.78, 5) is 3.82. The summed E-state index contributed by atoms with van der Waals surface area (Å²) in [6.07, 6.45) is 0.766. The Bertz CT molecular complexity index is 650. The molecule has 0 fully saturated rings. The average Bonchev–Trinajstić information content (AvgIpc) is 2.43. The standard InChI is InChI=1S/C14H13BrF3N3/c1-2-5-19-13-10(17)7-11(18)14(21-13)20-12-4-3-8(15)6-9(12)16/h3-4,6-7H,2,5H2,1H3,(H2,19,20,21). The van der Waals surface area contributed by atoms with Gasteiger partial charge in [-0.25, -0.2) is 18.2 Å². The van der Waals surface area contributed by atoms with E-state index in [1.807, 2.05) is 6.92 Å². The first-order valence-corrected chi connectivity index (χ1v) is 7.12. The number of halogens is 4. The van der Waals surface area contributed by atoms with Gasteiger partial charge in [0.05, 0.1) is 5.69 Å². The van der Waals surface area contributed by atoms with Crippen LogP contribution in [0.15, 0.2) is 28.7 Å². The molecule has 3 nitrogen and oxygen atoms in total. The maximum Gasteiger partial charge on any atom is 0.169 e. The highest BCUT2D eigenvalue weighted by Gasteiger charge is 2.13. The zero-order valence-corrected chi connectivity index (χ0v) is 12.8. The van der Waals surface area contributed by atoms with Gasteiger partial charge >= 0.3 is 0 Å². The zero-order chi connectivity index (χ0) is 15.4. The van der Waals surface area contributed by atoms with Crippen LogP contribution in [0.4, 0.5) is 30.5 Å². The van der Waals surface area contributed by atoms with Crippen LogP contribution in [0.2, 0.25) is 0 Å². The van der Waals surface area contributed by atoms with Crippen LogP contribution in [0, 0.1) is 17.5 Å². The van der Waals surface area contributed by atoms with Crippen LogP contribution in [0.5, 0.6) is 0 Å². The Hall–Kier alpha value is -1.76. The Kier molecular flexibility index (Phi) is 5.06. The maximum atomic E-state index is 13.7. The van der Waals surface area contributed by atoms with Gasteiger partial charge in [-0.1, -0.05) is 22.9 Å². The molecule has 21 heavy (non-hydrogen) atoms. The van der Waals surface area contributed by atoms with Crippen LogP contribution in [0.25, 0.3) is 0 Å². The highest BCUT2D eigenvalue weighted by Crippen LogP contribution is 2.25. The highest BCUT2D eigenvalue weighted by molar-refractivity contribution is 9.10. The number of hydrogen-bond acceptors (Lipinski definition) is 3. The normalized spacial score (nSPS) is 10.5. The molecule has 1 heterocycles. The summed E-state index contributed by atoms with van der Waals surface area (Å²) in [5, 5.41) is 5.27. The molecule has 0 unspecified atom stereocenters. The number of benzene rings is 1. The van der Waals surface area contributed by atoms with Crippen LogP contribution in [-0.2, 0) is 0 Å². The minimum atomic E-state index is -0.892. The molecule has 0 atom stereocenters. The number of aromatic nitrogens is 1. The summed E-state index contributed by atoms with van der Waals surface area (Å²) in [6, 6.07) is 4.98. The molecule has 0 saturated carbocycles. The third kappa shape index (κ3) is 3.87. The SMILES string of the molecule is CCCNc1nc(Nc2ccc(Br)cc2F)c(F)cc1F. The van der Waals surface area contributed by atoms with Gasteiger partial charge in [-0.15, -0.1) is 0 Å². The van der Waals surface area contributed by atoms with Crippen molar-refractivity contribution in [2.24, 2.45) is 0 Å². The number of nitrogens with zero attached hydrogens (tertiary/aromatic N) is 1. The third-order valence-electron chi connectivity index (χ3n) is 2.66. The van der Waals surface area contributed by atoms with Crippen LogP contribution >= 0.6 is 15.9 Å². The Morgan fingerprint density at radius 1 is 1.05 bits per heavy atom. The van der Waals surface area contributed by atoms with Crippen LogP contribution < -0.4 is 10.6 Å². The largest absolute Gasteiger partial charge is 0.368 e. The minimum absolute atomic E-state index is 0.0534. The molecule has 0 amide bonds. The lowest BCUT2D eigenvalue weighted by atomic mass is 10.3. The quantitative estimate of drug-likeness (QED) is 0.802. The van der Waals surface area contributed by atoms with E-state index in [1.54, 1.807) is 6.07 Å². The molecule has 0 saturated heterocycles. The molecule has 2 N–H and O–H groups in total. The fourth-order valence-electron chi connectivity index (χ4n) is 1.64. The molecule has 0 radical (unpaired) electrons. The van der Waals surface area contributed by atoms with Crippen molar-refractivity contribution in [2.45, 2.75) is 13.3 Å². The van der Waals surface area contributed by atoms with Crippen LogP contribution in [0.3, 0.4) is 0 Å². The van der Waals surface area contributed by atoms with Crippen molar-refractivity contribution in [1.29, 1.82) is 0 Å². The van der Waals surface area contributed by atoms with Gasteiger partial charge in [-0.05, 0) is 24.6 Å². The molecule has 0 aliphatic heterocycles. The van der Waals surface area contributed by atoms with Crippen molar-refractivity contribution >= 4 is 33.3 Å². The molecule has 2 rings (SSSR count). The van der Waals surface area contributed by atoms with E-state index in [2.05, 4.69) is 31.5 Å². The van der Waals surface area contributed by atoms with E-state index in [0.29, 0.717) is 17.1 Å². The number of nitrogens with one attached hydrogen (secondary N) is 2. The molecule has 1 aromatic heterocycles. The third-order valence-corrected chi connectivity index (χ3v) is 3.15. The van der Waals surface area contributed by atoms with Gasteiger partial charge in [0.1, 0.15) is 5.82 Å². The first-order chi connectivity index (χ1) is 10.0. The molecule has 0 aliphatic carbocycles. The summed E-state index contributed by atoms with van der Waals surface area (Å²) >= 11 is 3.13. The first-order valence-electron chi connectivity index (χ1n) is 6.33. The van der Waals surface area contributed by atoms with E-state index in [9.17, 15) is 13.2 Å². The van der Waals surface area contributed by atoms with Crippen molar-refractivity contribution in [3.63, 3.8) is 0 Å². The number of rotatable bonds is 5. The van der Waals surface area contributed by atoms with Gasteiger partial charge in [0.2, 0.25) is 0 Å². The van der Waals surface area contributed by atoms with Gasteiger partial charge in [0.25, 0.3) is 0 Å². The predicted octanol–water partition coefficient (Wildman–Crippen LogP) is 4.83. The molecule has 0 aliphatic rings. The predicted molar refractivity (Wildman–Crippen MR) is 80.3 cm³/mol. The summed E-state index contributed by atoms with van der Waals surface area (Å²) in [7, 11) is 0. The zero-order valence-electron chi connectivity index (χ0n) is 11.2. The molecule has 7 heteroatoms. The van der Waals surface area contributed by atoms with E-state index in [1.165, 1.54) is 12.1 Å². The monoisotopic (exact) mass is 359 g/mol. The second-order valence-corrected chi connectivity index (χ2v) is 5.24. The highest BCUT2D eigenvalue weighted by atomic mass is 79.9. The lowest BCUT2D eigenvalue weighted by molar-refractivity contribution is 0.578. The summed E-state index contributed by atoms with van der Waals surface area (Å²) < 4.78 is 41.6. The number of pyridine rings is 1. The Labute approximate surface area is 128 Å². The molecular formula is C14H13BrF3N3. The second-order valence-electron chi connectivity index (χ2n) is 4.33. The molecular weight excluding hydrogens is 347 g/mol. The summed E-state index contributed by atoms with van der Waals surface area (Å²) in [5.74, 6) is -2.56. The minimum Gasteiger partial charge on any atom is -0.368 e. The smallest absolute Gasteiger partial charge is 0.169 e. The van der Waals surface area contributed by atoms with Crippen molar-refractivity contribution in [2.75, 3.05) is 17.2 Å². The van der Waals surface area contributed by atoms with E-state index < -0.39 is 17.5 Å². The molecule has 2 aromatic rings. The lowest BCUT2D eigenvalue weighted by Crippen LogP contribution is -2.08. The van der Waals surface area contributed by atoms with Crippen molar-refractivity contribution < 1.29 is 13.2 Å². The van der Waals surface area contributed by atoms with Gasteiger partial charge in [0.15, 0.2) is 23.3 Å². The molecule has 1 aromatic carbocycles. The van der Waals surface area contributed by atoms with Crippen LogP contribution in [0.1, 0.15) is 13.3 Å².